The van der Waals surface area contributed by atoms with E-state index in [0.717, 1.165) is 42.2 Å². The largest absolute Gasteiger partial charge is 0.497 e. The maximum Gasteiger partial charge on any atom is 0.425 e. The molecule has 248 valence electrons. The zero-order valence-corrected chi connectivity index (χ0v) is 27.7. The lowest BCUT2D eigenvalue weighted by Crippen LogP contribution is -2.39. The molecule has 0 radical (unpaired) electrons. The smallest absolute Gasteiger partial charge is 0.425 e. The van der Waals surface area contributed by atoms with Gasteiger partial charge in [-0.1, -0.05) is 24.6 Å². The van der Waals surface area contributed by atoms with Crippen LogP contribution >= 0.6 is 0 Å². The standard InChI is InChI=1S/C36H43N5O6/c1-25-10-9-11-26(2)34(25)47-36(42)41(31-17-16-29(43-3)22-32(31)45-5)33-18-19-37-35(39-33)38-27-12-14-28(15-13-27)46-24-30(44-4)23-40-20-7-6-8-21-40/h9-19,22,30H,6-8,20-21,23-24H2,1-5H3,(H,37,38,39). The van der Waals surface area contributed by atoms with E-state index in [2.05, 4.69) is 20.2 Å². The first-order valence-corrected chi connectivity index (χ1v) is 15.8. The SMILES string of the molecule is COc1ccc(N(C(=O)Oc2c(C)cccc2C)c2ccnc(Nc3ccc(OCC(CN4CCCCC4)OC)cc3)n2)c(OC)c1. The molecular weight excluding hydrogens is 598 g/mol. The number of benzene rings is 3. The highest BCUT2D eigenvalue weighted by molar-refractivity contribution is 5.98. The number of carbonyl (C=O) groups is 1. The van der Waals surface area contributed by atoms with Crippen molar-refractivity contribution in [3.63, 3.8) is 0 Å². The minimum atomic E-state index is -0.660. The van der Waals surface area contributed by atoms with Crippen LogP contribution in [0.3, 0.4) is 0 Å². The number of para-hydroxylation sites is 1. The Kier molecular flexibility index (Phi) is 11.5. The van der Waals surface area contributed by atoms with Crippen LogP contribution in [0.4, 0.5) is 27.9 Å². The Bertz CT molecular complexity index is 1610. The second-order valence-corrected chi connectivity index (χ2v) is 11.4. The number of nitrogens with one attached hydrogen (secondary N) is 1. The van der Waals surface area contributed by atoms with Crippen LogP contribution in [0.15, 0.2) is 72.9 Å². The van der Waals surface area contributed by atoms with Gasteiger partial charge in [0.05, 0.1) is 19.9 Å². The monoisotopic (exact) mass is 641 g/mol. The molecule has 1 N–H and O–H groups in total. The number of methoxy groups -OCH3 is 3. The first kappa shape index (κ1) is 33.5. The van der Waals surface area contributed by atoms with Crippen molar-refractivity contribution in [3.05, 3.63) is 84.1 Å². The van der Waals surface area contributed by atoms with Crippen molar-refractivity contribution in [3.8, 4) is 23.0 Å². The molecule has 1 aliphatic rings. The molecule has 1 unspecified atom stereocenters. The predicted octanol–water partition coefficient (Wildman–Crippen LogP) is 7.07. The van der Waals surface area contributed by atoms with Crippen molar-refractivity contribution in [2.45, 2.75) is 39.2 Å². The average Bonchev–Trinajstić information content (AvgIpc) is 3.10. The summed E-state index contributed by atoms with van der Waals surface area (Å²) in [5, 5.41) is 3.22. The number of hydrogen-bond acceptors (Lipinski definition) is 10. The summed E-state index contributed by atoms with van der Waals surface area (Å²) in [5.41, 5.74) is 2.83. The molecule has 1 saturated heterocycles. The number of likely N-dealkylation sites (tertiary alicyclic amines) is 1. The molecule has 1 aromatic heterocycles. The maximum absolute atomic E-state index is 13.9. The summed E-state index contributed by atoms with van der Waals surface area (Å²) in [6.07, 6.45) is 4.69. The molecule has 1 atom stereocenters. The number of aromatic nitrogens is 2. The molecule has 47 heavy (non-hydrogen) atoms. The van der Waals surface area contributed by atoms with Crippen LogP contribution in [0.25, 0.3) is 0 Å². The first-order valence-electron chi connectivity index (χ1n) is 15.8. The highest BCUT2D eigenvalue weighted by atomic mass is 16.6. The number of ether oxygens (including phenoxy) is 5. The van der Waals surface area contributed by atoms with E-state index in [1.807, 2.05) is 56.3 Å². The number of piperidine rings is 1. The topological polar surface area (TPSA) is 108 Å². The van der Waals surface area contributed by atoms with Crippen LogP contribution in [-0.2, 0) is 4.74 Å². The van der Waals surface area contributed by atoms with Gasteiger partial charge in [0, 0.05) is 37.7 Å². The van der Waals surface area contributed by atoms with E-state index >= 15 is 0 Å². The molecule has 0 aliphatic carbocycles. The van der Waals surface area contributed by atoms with Gasteiger partial charge in [-0.25, -0.2) is 14.7 Å². The molecule has 1 fully saturated rings. The predicted molar refractivity (Wildman–Crippen MR) is 182 cm³/mol. The molecule has 3 aromatic carbocycles. The summed E-state index contributed by atoms with van der Waals surface area (Å²) in [7, 11) is 4.82. The van der Waals surface area contributed by atoms with Gasteiger partial charge in [-0.15, -0.1) is 0 Å². The third-order valence-electron chi connectivity index (χ3n) is 8.07. The van der Waals surface area contributed by atoms with Crippen LogP contribution in [0, 0.1) is 13.8 Å². The third kappa shape index (κ3) is 8.69. The van der Waals surface area contributed by atoms with Gasteiger partial charge in [0.25, 0.3) is 0 Å². The lowest BCUT2D eigenvalue weighted by molar-refractivity contribution is 0.0251. The molecule has 0 saturated carbocycles. The van der Waals surface area contributed by atoms with Crippen LogP contribution in [0.5, 0.6) is 23.0 Å². The van der Waals surface area contributed by atoms with Crippen LogP contribution < -0.4 is 29.2 Å². The van der Waals surface area contributed by atoms with E-state index in [0.29, 0.717) is 29.5 Å². The summed E-state index contributed by atoms with van der Waals surface area (Å²) >= 11 is 0. The highest BCUT2D eigenvalue weighted by Gasteiger charge is 2.27. The number of anilines is 4. The van der Waals surface area contributed by atoms with E-state index in [-0.39, 0.29) is 17.9 Å². The molecule has 5 rings (SSSR count). The van der Waals surface area contributed by atoms with Crippen molar-refractivity contribution in [1.82, 2.24) is 14.9 Å². The first-order chi connectivity index (χ1) is 22.9. The Labute approximate surface area is 276 Å². The van der Waals surface area contributed by atoms with Gasteiger partial charge in [-0.05, 0) is 87.3 Å². The van der Waals surface area contributed by atoms with E-state index in [1.165, 1.54) is 31.3 Å². The van der Waals surface area contributed by atoms with Crippen molar-refractivity contribution < 1.29 is 28.5 Å². The fourth-order valence-corrected chi connectivity index (χ4v) is 5.49. The van der Waals surface area contributed by atoms with Gasteiger partial charge in [0.2, 0.25) is 5.95 Å². The van der Waals surface area contributed by atoms with Crippen LogP contribution in [-0.4, -0.2) is 74.6 Å². The van der Waals surface area contributed by atoms with Gasteiger partial charge < -0.3 is 33.9 Å². The van der Waals surface area contributed by atoms with Gasteiger partial charge in [-0.2, -0.15) is 4.98 Å². The molecular formula is C36H43N5O6. The molecule has 11 nitrogen and oxygen atoms in total. The quantitative estimate of drug-likeness (QED) is 0.163. The highest BCUT2D eigenvalue weighted by Crippen LogP contribution is 2.37. The molecule has 0 spiro atoms. The molecule has 1 amide bonds. The lowest BCUT2D eigenvalue weighted by atomic mass is 10.1. The van der Waals surface area contributed by atoms with E-state index in [4.69, 9.17) is 23.7 Å². The molecule has 1 aliphatic heterocycles. The number of nitrogens with zero attached hydrogens (tertiary/aromatic N) is 4. The summed E-state index contributed by atoms with van der Waals surface area (Å²) in [4.78, 5) is 26.8. The number of rotatable bonds is 13. The van der Waals surface area contributed by atoms with E-state index in [9.17, 15) is 4.79 Å². The average molecular weight is 642 g/mol. The Balaban J connectivity index is 1.33. The van der Waals surface area contributed by atoms with E-state index in [1.54, 1.807) is 44.7 Å². The maximum atomic E-state index is 13.9. The van der Waals surface area contributed by atoms with Gasteiger partial charge in [0.15, 0.2) is 0 Å². The Morgan fingerprint density at radius 1 is 0.915 bits per heavy atom. The van der Waals surface area contributed by atoms with Gasteiger partial charge in [0.1, 0.15) is 41.5 Å². The fraction of sp³-hybridized carbons (Fsp3) is 0.361. The Morgan fingerprint density at radius 2 is 1.64 bits per heavy atom. The number of aryl methyl sites for hydroxylation is 2. The Morgan fingerprint density at radius 3 is 2.32 bits per heavy atom. The second-order valence-electron chi connectivity index (χ2n) is 11.4. The lowest BCUT2D eigenvalue weighted by Gasteiger charge is -2.29. The van der Waals surface area contributed by atoms with Crippen molar-refractivity contribution in [2.24, 2.45) is 0 Å². The van der Waals surface area contributed by atoms with Crippen LogP contribution in [0.2, 0.25) is 0 Å². The molecule has 2 heterocycles. The fourth-order valence-electron chi connectivity index (χ4n) is 5.49. The zero-order chi connectivity index (χ0) is 33.2. The van der Waals surface area contributed by atoms with Gasteiger partial charge in [-0.3, -0.25) is 0 Å². The summed E-state index contributed by atoms with van der Waals surface area (Å²) < 4.78 is 28.7. The zero-order valence-electron chi connectivity index (χ0n) is 27.7. The number of amides is 1. The minimum Gasteiger partial charge on any atom is -0.497 e. The Hall–Kier alpha value is -4.87. The van der Waals surface area contributed by atoms with E-state index < -0.39 is 6.09 Å². The number of hydrogen-bond donors (Lipinski definition) is 1. The van der Waals surface area contributed by atoms with Gasteiger partial charge >= 0.3 is 6.09 Å². The van der Waals surface area contributed by atoms with Crippen molar-refractivity contribution in [2.75, 3.05) is 57.8 Å². The van der Waals surface area contributed by atoms with Crippen molar-refractivity contribution in [1.29, 1.82) is 0 Å². The van der Waals surface area contributed by atoms with Crippen molar-refractivity contribution >= 4 is 29.2 Å². The summed E-state index contributed by atoms with van der Waals surface area (Å²) in [5.74, 6) is 2.76. The second kappa shape index (κ2) is 16.1. The van der Waals surface area contributed by atoms with Crippen LogP contribution in [0.1, 0.15) is 30.4 Å². The minimum absolute atomic E-state index is 0.00396. The third-order valence-corrected chi connectivity index (χ3v) is 8.07. The summed E-state index contributed by atoms with van der Waals surface area (Å²) in [6.45, 7) is 7.34. The summed E-state index contributed by atoms with van der Waals surface area (Å²) in [6, 6.07) is 20.0. The molecule has 11 heteroatoms. The molecule has 0 bridgehead atoms. The molecule has 4 aromatic rings. The number of carbonyl (C=O) groups excluding carboxylic acids is 1. The normalized spacial score (nSPS) is 13.8.